The third-order valence-corrected chi connectivity index (χ3v) is 3.06. The van der Waals surface area contributed by atoms with Gasteiger partial charge in [0, 0.05) is 5.69 Å². The van der Waals surface area contributed by atoms with Gasteiger partial charge < -0.3 is 10.1 Å². The molecule has 0 aliphatic heterocycles. The molecule has 0 unspecified atom stereocenters. The summed E-state index contributed by atoms with van der Waals surface area (Å²) in [6.07, 6.45) is 0. The van der Waals surface area contributed by atoms with Crippen molar-refractivity contribution in [2.75, 3.05) is 12.4 Å². The first-order chi connectivity index (χ1) is 9.18. The molecule has 0 fully saturated rings. The van der Waals surface area contributed by atoms with Crippen molar-refractivity contribution in [1.29, 1.82) is 5.26 Å². The van der Waals surface area contributed by atoms with Crippen LogP contribution in [0.15, 0.2) is 54.6 Å². The van der Waals surface area contributed by atoms with Crippen LogP contribution in [-0.4, -0.2) is 7.11 Å². The minimum absolute atomic E-state index is 0.754. The van der Waals surface area contributed by atoms with Crippen molar-refractivity contribution in [3.63, 3.8) is 0 Å². The van der Waals surface area contributed by atoms with E-state index in [0.717, 1.165) is 17.0 Å². The first-order valence-corrected chi connectivity index (χ1v) is 6.07. The van der Waals surface area contributed by atoms with E-state index in [1.807, 2.05) is 61.5 Å². The van der Waals surface area contributed by atoms with Gasteiger partial charge in [0.2, 0.25) is 0 Å². The van der Waals surface area contributed by atoms with E-state index < -0.39 is 5.54 Å². The summed E-state index contributed by atoms with van der Waals surface area (Å²) in [5, 5.41) is 12.7. The number of nitrogens with one attached hydrogen (secondary N) is 1. The van der Waals surface area contributed by atoms with Crippen LogP contribution >= 0.6 is 0 Å². The molecular formula is C16H16N2O. The molecule has 1 atom stereocenters. The van der Waals surface area contributed by atoms with Gasteiger partial charge in [0.25, 0.3) is 0 Å². The zero-order valence-electron chi connectivity index (χ0n) is 11.1. The van der Waals surface area contributed by atoms with Crippen LogP contribution in [-0.2, 0) is 5.54 Å². The van der Waals surface area contributed by atoms with Crippen LogP contribution in [0.2, 0.25) is 0 Å². The maximum atomic E-state index is 9.46. The first-order valence-electron chi connectivity index (χ1n) is 6.07. The Kier molecular flexibility index (Phi) is 3.72. The van der Waals surface area contributed by atoms with Crippen LogP contribution in [0.25, 0.3) is 0 Å². The molecular weight excluding hydrogens is 236 g/mol. The molecule has 0 aliphatic rings. The topological polar surface area (TPSA) is 45.0 Å². The number of methoxy groups -OCH3 is 1. The molecule has 2 rings (SSSR count). The predicted molar refractivity (Wildman–Crippen MR) is 76.0 cm³/mol. The summed E-state index contributed by atoms with van der Waals surface area (Å²) in [5.74, 6) is 0.795. The van der Waals surface area contributed by atoms with Crippen molar-refractivity contribution < 1.29 is 4.74 Å². The summed E-state index contributed by atoms with van der Waals surface area (Å²) in [6, 6.07) is 19.6. The molecule has 19 heavy (non-hydrogen) atoms. The van der Waals surface area contributed by atoms with E-state index in [1.165, 1.54) is 0 Å². The normalized spacial score (nSPS) is 13.1. The number of anilines is 1. The summed E-state index contributed by atoms with van der Waals surface area (Å²) in [6.45, 7) is 1.87. The maximum absolute atomic E-state index is 9.46. The molecule has 0 amide bonds. The molecule has 0 heterocycles. The third kappa shape index (κ3) is 2.86. The standard InChI is InChI=1S/C16H16N2O/c1-16(12-17,13-6-4-3-5-7-13)18-14-8-10-15(19-2)11-9-14/h3-11,18H,1-2H3/t16-/m1/s1. The molecule has 0 spiro atoms. The van der Waals surface area contributed by atoms with Crippen LogP contribution in [0.1, 0.15) is 12.5 Å². The molecule has 96 valence electrons. The van der Waals surface area contributed by atoms with E-state index in [9.17, 15) is 5.26 Å². The predicted octanol–water partition coefficient (Wildman–Crippen LogP) is 3.55. The van der Waals surface area contributed by atoms with Gasteiger partial charge in [-0.1, -0.05) is 30.3 Å². The van der Waals surface area contributed by atoms with Crippen molar-refractivity contribution in [2.45, 2.75) is 12.5 Å². The average molecular weight is 252 g/mol. The van der Waals surface area contributed by atoms with Gasteiger partial charge in [-0.05, 0) is 36.8 Å². The number of rotatable bonds is 4. The number of nitrogens with zero attached hydrogens (tertiary/aromatic N) is 1. The number of hydrogen-bond acceptors (Lipinski definition) is 3. The molecule has 0 saturated carbocycles. The summed E-state index contributed by atoms with van der Waals surface area (Å²) in [4.78, 5) is 0. The second kappa shape index (κ2) is 5.45. The molecule has 2 aromatic rings. The zero-order valence-corrected chi connectivity index (χ0v) is 11.1. The highest BCUT2D eigenvalue weighted by molar-refractivity contribution is 5.52. The van der Waals surface area contributed by atoms with Crippen molar-refractivity contribution >= 4 is 5.69 Å². The van der Waals surface area contributed by atoms with Crippen LogP contribution in [0.5, 0.6) is 5.75 Å². The number of benzene rings is 2. The van der Waals surface area contributed by atoms with E-state index in [2.05, 4.69) is 11.4 Å². The van der Waals surface area contributed by atoms with E-state index in [4.69, 9.17) is 4.74 Å². The quantitative estimate of drug-likeness (QED) is 0.905. The molecule has 1 N–H and O–H groups in total. The number of hydrogen-bond donors (Lipinski definition) is 1. The molecule has 0 bridgehead atoms. The van der Waals surface area contributed by atoms with Crippen molar-refractivity contribution in [3.05, 3.63) is 60.2 Å². The molecule has 3 nitrogen and oxygen atoms in total. The molecule has 0 aliphatic carbocycles. The number of ether oxygens (including phenoxy) is 1. The lowest BCUT2D eigenvalue weighted by molar-refractivity contribution is 0.415. The highest BCUT2D eigenvalue weighted by Crippen LogP contribution is 2.26. The van der Waals surface area contributed by atoms with Crippen molar-refractivity contribution in [3.8, 4) is 11.8 Å². The SMILES string of the molecule is COc1ccc(N[C@](C)(C#N)c2ccccc2)cc1. The molecule has 0 radical (unpaired) electrons. The lowest BCUT2D eigenvalue weighted by atomic mass is 9.93. The smallest absolute Gasteiger partial charge is 0.148 e. The summed E-state index contributed by atoms with van der Waals surface area (Å²) in [7, 11) is 1.63. The minimum atomic E-state index is -0.754. The van der Waals surface area contributed by atoms with E-state index in [1.54, 1.807) is 7.11 Å². The fourth-order valence-electron chi connectivity index (χ4n) is 1.90. The lowest BCUT2D eigenvalue weighted by Gasteiger charge is -2.25. The Morgan fingerprint density at radius 3 is 2.21 bits per heavy atom. The average Bonchev–Trinajstić information content (AvgIpc) is 2.49. The van der Waals surface area contributed by atoms with Gasteiger partial charge in [-0.2, -0.15) is 5.26 Å². The van der Waals surface area contributed by atoms with E-state index in [0.29, 0.717) is 0 Å². The van der Waals surface area contributed by atoms with Crippen LogP contribution in [0.3, 0.4) is 0 Å². The van der Waals surface area contributed by atoms with Gasteiger partial charge in [0.1, 0.15) is 11.3 Å². The van der Waals surface area contributed by atoms with Gasteiger partial charge in [-0.3, -0.25) is 0 Å². The first kappa shape index (κ1) is 13.0. The van der Waals surface area contributed by atoms with Crippen LogP contribution in [0.4, 0.5) is 5.69 Å². The Balaban J connectivity index is 2.26. The van der Waals surface area contributed by atoms with Gasteiger partial charge in [-0.25, -0.2) is 0 Å². The molecule has 2 aromatic carbocycles. The largest absolute Gasteiger partial charge is 0.497 e. The zero-order chi connectivity index (χ0) is 13.7. The Labute approximate surface area is 113 Å². The minimum Gasteiger partial charge on any atom is -0.497 e. The monoisotopic (exact) mass is 252 g/mol. The Bertz CT molecular complexity index is 572. The second-order valence-electron chi connectivity index (χ2n) is 4.46. The van der Waals surface area contributed by atoms with E-state index >= 15 is 0 Å². The van der Waals surface area contributed by atoms with Gasteiger partial charge >= 0.3 is 0 Å². The van der Waals surface area contributed by atoms with Gasteiger partial charge in [0.05, 0.1) is 13.2 Å². The van der Waals surface area contributed by atoms with Gasteiger partial charge in [0.15, 0.2) is 0 Å². The van der Waals surface area contributed by atoms with Crippen LogP contribution < -0.4 is 10.1 Å². The molecule has 0 aromatic heterocycles. The fourth-order valence-corrected chi connectivity index (χ4v) is 1.90. The summed E-state index contributed by atoms with van der Waals surface area (Å²) in [5.41, 5.74) is 1.07. The Morgan fingerprint density at radius 1 is 1.05 bits per heavy atom. The van der Waals surface area contributed by atoms with Crippen molar-refractivity contribution in [1.82, 2.24) is 0 Å². The number of nitriles is 1. The molecule has 0 saturated heterocycles. The Hall–Kier alpha value is -2.47. The highest BCUT2D eigenvalue weighted by Gasteiger charge is 2.25. The summed E-state index contributed by atoms with van der Waals surface area (Å²) < 4.78 is 5.12. The Morgan fingerprint density at radius 2 is 1.68 bits per heavy atom. The highest BCUT2D eigenvalue weighted by atomic mass is 16.5. The lowest BCUT2D eigenvalue weighted by Crippen LogP contribution is -2.29. The summed E-state index contributed by atoms with van der Waals surface area (Å²) >= 11 is 0. The second-order valence-corrected chi connectivity index (χ2v) is 4.46. The van der Waals surface area contributed by atoms with E-state index in [-0.39, 0.29) is 0 Å². The molecule has 3 heteroatoms. The maximum Gasteiger partial charge on any atom is 0.148 e. The third-order valence-electron chi connectivity index (χ3n) is 3.06. The van der Waals surface area contributed by atoms with Crippen molar-refractivity contribution in [2.24, 2.45) is 0 Å². The van der Waals surface area contributed by atoms with Gasteiger partial charge in [-0.15, -0.1) is 0 Å². The fraction of sp³-hybridized carbons (Fsp3) is 0.188. The van der Waals surface area contributed by atoms with Crippen LogP contribution in [0, 0.1) is 11.3 Å².